The van der Waals surface area contributed by atoms with Crippen molar-refractivity contribution in [1.82, 2.24) is 0 Å². The first-order chi connectivity index (χ1) is 12.8. The molecule has 0 unspecified atom stereocenters. The Balaban J connectivity index is 1.86. The number of carbonyl (C=O) groups excluding carboxylic acids is 1. The number of rotatable bonds is 5. The smallest absolute Gasteiger partial charge is 0.261 e. The van der Waals surface area contributed by atoms with Gasteiger partial charge >= 0.3 is 0 Å². The summed E-state index contributed by atoms with van der Waals surface area (Å²) in [6.07, 6.45) is 0. The lowest BCUT2D eigenvalue weighted by Gasteiger charge is -2.13. The number of halogens is 2. The molecule has 0 heterocycles. The second-order valence-electron chi connectivity index (χ2n) is 5.57. The van der Waals surface area contributed by atoms with E-state index in [0.29, 0.717) is 0 Å². The van der Waals surface area contributed by atoms with E-state index in [4.69, 9.17) is 0 Å². The molecule has 2 N–H and O–H groups in total. The summed E-state index contributed by atoms with van der Waals surface area (Å²) in [4.78, 5) is 12.2. The molecule has 0 bridgehead atoms. The van der Waals surface area contributed by atoms with Crippen molar-refractivity contribution >= 4 is 27.3 Å². The summed E-state index contributed by atoms with van der Waals surface area (Å²) >= 11 is 0. The number of para-hydroxylation sites is 2. The summed E-state index contributed by atoms with van der Waals surface area (Å²) in [7, 11) is -3.99. The van der Waals surface area contributed by atoms with Crippen molar-refractivity contribution in [3.8, 4) is 0 Å². The highest BCUT2D eigenvalue weighted by molar-refractivity contribution is 7.92. The monoisotopic (exact) mass is 388 g/mol. The Labute approximate surface area is 154 Å². The van der Waals surface area contributed by atoms with Crippen molar-refractivity contribution < 1.29 is 22.0 Å². The zero-order chi connectivity index (χ0) is 19.4. The highest BCUT2D eigenvalue weighted by Crippen LogP contribution is 2.25. The second-order valence-corrected chi connectivity index (χ2v) is 7.25. The zero-order valence-electron chi connectivity index (χ0n) is 13.8. The van der Waals surface area contributed by atoms with Crippen molar-refractivity contribution in [2.24, 2.45) is 0 Å². The number of anilines is 2. The number of hydrogen-bond acceptors (Lipinski definition) is 3. The average molecular weight is 388 g/mol. The molecule has 1 amide bonds. The van der Waals surface area contributed by atoms with Crippen molar-refractivity contribution in [2.45, 2.75) is 4.90 Å². The molecule has 27 heavy (non-hydrogen) atoms. The fourth-order valence-electron chi connectivity index (χ4n) is 2.32. The minimum absolute atomic E-state index is 0.0891. The van der Waals surface area contributed by atoms with Crippen molar-refractivity contribution in [1.29, 1.82) is 0 Å². The molecule has 0 spiro atoms. The van der Waals surface area contributed by atoms with Crippen LogP contribution in [0.1, 0.15) is 10.4 Å². The highest BCUT2D eigenvalue weighted by Gasteiger charge is 2.17. The van der Waals surface area contributed by atoms with E-state index in [1.807, 2.05) is 0 Å². The van der Waals surface area contributed by atoms with Crippen LogP contribution in [0.2, 0.25) is 0 Å². The lowest BCUT2D eigenvalue weighted by Crippen LogP contribution is -2.17. The molecule has 0 aliphatic rings. The van der Waals surface area contributed by atoms with Gasteiger partial charge in [0.15, 0.2) is 0 Å². The Kier molecular flexibility index (Phi) is 5.18. The summed E-state index contributed by atoms with van der Waals surface area (Å²) in [6, 6.07) is 15.6. The lowest BCUT2D eigenvalue weighted by atomic mass is 10.2. The Bertz CT molecular complexity index is 1080. The summed E-state index contributed by atoms with van der Waals surface area (Å²) in [6.45, 7) is 0. The van der Waals surface area contributed by atoms with Crippen molar-refractivity contribution in [2.75, 3.05) is 10.0 Å². The zero-order valence-corrected chi connectivity index (χ0v) is 14.6. The van der Waals surface area contributed by atoms with Crippen LogP contribution in [-0.4, -0.2) is 14.3 Å². The summed E-state index contributed by atoms with van der Waals surface area (Å²) in [5, 5.41) is 2.54. The summed E-state index contributed by atoms with van der Waals surface area (Å²) in [5.41, 5.74) is 0.398. The molecule has 0 radical (unpaired) electrons. The highest BCUT2D eigenvalue weighted by atomic mass is 32.2. The SMILES string of the molecule is O=C(Nc1ccccc1NS(=O)(=O)c1ccc(F)cc1)c1cccc(F)c1. The van der Waals surface area contributed by atoms with Gasteiger partial charge in [-0.2, -0.15) is 0 Å². The molecule has 3 aromatic carbocycles. The maximum Gasteiger partial charge on any atom is 0.261 e. The second kappa shape index (κ2) is 7.55. The number of amides is 1. The molecule has 0 aliphatic heterocycles. The van der Waals surface area contributed by atoms with E-state index in [0.717, 1.165) is 30.3 Å². The number of hydrogen-bond donors (Lipinski definition) is 2. The first-order valence-corrected chi connectivity index (χ1v) is 9.28. The van der Waals surface area contributed by atoms with Crippen LogP contribution in [0, 0.1) is 11.6 Å². The van der Waals surface area contributed by atoms with E-state index >= 15 is 0 Å². The van der Waals surface area contributed by atoms with Crippen LogP contribution in [0.15, 0.2) is 77.7 Å². The Hall–Kier alpha value is -3.26. The quantitative estimate of drug-likeness (QED) is 0.693. The van der Waals surface area contributed by atoms with Crippen LogP contribution in [0.3, 0.4) is 0 Å². The lowest BCUT2D eigenvalue weighted by molar-refractivity contribution is 0.102. The molecule has 138 valence electrons. The number of carbonyl (C=O) groups is 1. The van der Waals surface area contributed by atoms with Crippen LogP contribution in [0.25, 0.3) is 0 Å². The summed E-state index contributed by atoms with van der Waals surface area (Å²) < 4.78 is 53.6. The minimum atomic E-state index is -3.99. The van der Waals surface area contributed by atoms with E-state index < -0.39 is 27.6 Å². The molecule has 5 nitrogen and oxygen atoms in total. The number of benzene rings is 3. The minimum Gasteiger partial charge on any atom is -0.320 e. The predicted octanol–water partition coefficient (Wildman–Crippen LogP) is 4.02. The van der Waals surface area contributed by atoms with Gasteiger partial charge in [-0.05, 0) is 54.6 Å². The standard InChI is InChI=1S/C19H14F2N2O3S/c20-14-8-10-16(11-9-14)27(25,26)23-18-7-2-1-6-17(18)22-19(24)13-4-3-5-15(21)12-13/h1-12,23H,(H,22,24). The third kappa shape index (κ3) is 4.48. The van der Waals surface area contributed by atoms with Gasteiger partial charge in [0.05, 0.1) is 16.3 Å². The predicted molar refractivity (Wildman–Crippen MR) is 98.0 cm³/mol. The van der Waals surface area contributed by atoms with Gasteiger partial charge in [-0.1, -0.05) is 18.2 Å². The molecule has 3 aromatic rings. The number of sulfonamides is 1. The molecular formula is C19H14F2N2O3S. The maximum absolute atomic E-state index is 13.3. The van der Waals surface area contributed by atoms with Crippen LogP contribution in [0.5, 0.6) is 0 Å². The maximum atomic E-state index is 13.3. The third-order valence-electron chi connectivity index (χ3n) is 3.63. The van der Waals surface area contributed by atoms with Crippen LogP contribution in [0.4, 0.5) is 20.2 Å². The van der Waals surface area contributed by atoms with Crippen molar-refractivity contribution in [3.05, 3.63) is 90.0 Å². The van der Waals surface area contributed by atoms with Gasteiger partial charge < -0.3 is 5.32 Å². The molecular weight excluding hydrogens is 374 g/mol. The van der Waals surface area contributed by atoms with E-state index in [-0.39, 0.29) is 21.8 Å². The molecule has 0 saturated carbocycles. The molecule has 3 rings (SSSR count). The average Bonchev–Trinajstić information content (AvgIpc) is 2.63. The van der Waals surface area contributed by atoms with Gasteiger partial charge in [0.25, 0.3) is 15.9 Å². The molecule has 0 atom stereocenters. The van der Waals surface area contributed by atoms with Gasteiger partial charge in [0.2, 0.25) is 0 Å². The molecule has 0 saturated heterocycles. The molecule has 8 heteroatoms. The fraction of sp³-hybridized carbons (Fsp3) is 0. The van der Waals surface area contributed by atoms with E-state index in [2.05, 4.69) is 10.0 Å². The van der Waals surface area contributed by atoms with E-state index in [9.17, 15) is 22.0 Å². The van der Waals surface area contributed by atoms with Gasteiger partial charge in [-0.25, -0.2) is 17.2 Å². The first kappa shape index (κ1) is 18.5. The largest absolute Gasteiger partial charge is 0.320 e. The Morgan fingerprint density at radius 3 is 2.11 bits per heavy atom. The van der Waals surface area contributed by atoms with Gasteiger partial charge in [-0.3, -0.25) is 9.52 Å². The van der Waals surface area contributed by atoms with Crippen LogP contribution in [-0.2, 0) is 10.0 Å². The fourth-order valence-corrected chi connectivity index (χ4v) is 3.40. The Morgan fingerprint density at radius 1 is 0.778 bits per heavy atom. The van der Waals surface area contributed by atoms with Crippen LogP contribution < -0.4 is 10.0 Å². The van der Waals surface area contributed by atoms with Crippen LogP contribution >= 0.6 is 0 Å². The van der Waals surface area contributed by atoms with Crippen molar-refractivity contribution in [3.63, 3.8) is 0 Å². The van der Waals surface area contributed by atoms with E-state index in [1.54, 1.807) is 12.1 Å². The normalized spacial score (nSPS) is 11.0. The van der Waals surface area contributed by atoms with E-state index in [1.165, 1.54) is 30.3 Å². The van der Waals surface area contributed by atoms with Gasteiger partial charge in [-0.15, -0.1) is 0 Å². The summed E-state index contributed by atoms with van der Waals surface area (Å²) in [5.74, 6) is -1.72. The molecule has 0 aromatic heterocycles. The topological polar surface area (TPSA) is 75.3 Å². The first-order valence-electron chi connectivity index (χ1n) is 7.79. The molecule has 0 fully saturated rings. The van der Waals surface area contributed by atoms with Gasteiger partial charge in [0.1, 0.15) is 11.6 Å². The third-order valence-corrected chi connectivity index (χ3v) is 5.01. The van der Waals surface area contributed by atoms with Gasteiger partial charge in [0, 0.05) is 5.56 Å². The molecule has 0 aliphatic carbocycles. The number of nitrogens with one attached hydrogen (secondary N) is 2. The Morgan fingerprint density at radius 2 is 1.44 bits per heavy atom.